The molecule has 0 atom stereocenters. The fourth-order valence-electron chi connectivity index (χ4n) is 4.35. The van der Waals surface area contributed by atoms with Crippen molar-refractivity contribution in [3.8, 4) is 22.4 Å². The summed E-state index contributed by atoms with van der Waals surface area (Å²) in [5.74, 6) is -0.232. The normalized spacial score (nSPS) is 13.8. The van der Waals surface area contributed by atoms with E-state index in [0.717, 1.165) is 34.8 Å². The summed E-state index contributed by atoms with van der Waals surface area (Å²) in [6.45, 7) is 4.16. The van der Waals surface area contributed by atoms with E-state index in [0.29, 0.717) is 37.7 Å². The highest BCUT2D eigenvalue weighted by Crippen LogP contribution is 2.30. The van der Waals surface area contributed by atoms with Crippen molar-refractivity contribution in [2.75, 3.05) is 31.1 Å². The molecule has 1 saturated heterocycles. The summed E-state index contributed by atoms with van der Waals surface area (Å²) >= 11 is 0. The number of aromatic nitrogens is 3. The Morgan fingerprint density at radius 3 is 2.29 bits per heavy atom. The number of benzene rings is 2. The number of aryl methyl sites for hydroxylation is 1. The van der Waals surface area contributed by atoms with Crippen molar-refractivity contribution < 1.29 is 13.6 Å². The summed E-state index contributed by atoms with van der Waals surface area (Å²) in [6, 6.07) is 17.0. The fourth-order valence-corrected chi connectivity index (χ4v) is 4.35. The molecule has 0 spiro atoms. The first-order valence-corrected chi connectivity index (χ1v) is 11.5. The second kappa shape index (κ2) is 9.66. The molecule has 0 unspecified atom stereocenters. The van der Waals surface area contributed by atoms with Gasteiger partial charge in [-0.15, -0.1) is 0 Å². The third kappa shape index (κ3) is 4.91. The Hall–Kier alpha value is -4.07. The van der Waals surface area contributed by atoms with Crippen molar-refractivity contribution in [2.45, 2.75) is 13.5 Å². The molecule has 178 valence electrons. The smallest absolute Gasteiger partial charge is 0.242 e. The molecule has 2 aromatic heterocycles. The van der Waals surface area contributed by atoms with Gasteiger partial charge in [0.05, 0.1) is 12.4 Å². The molecule has 4 aromatic rings. The summed E-state index contributed by atoms with van der Waals surface area (Å²) in [4.78, 5) is 25.1. The van der Waals surface area contributed by atoms with E-state index in [-0.39, 0.29) is 18.3 Å². The number of hydrogen-bond acceptors (Lipinski definition) is 4. The van der Waals surface area contributed by atoms with Crippen molar-refractivity contribution in [2.24, 2.45) is 0 Å². The molecule has 1 aliphatic heterocycles. The molecular weight excluding hydrogens is 448 g/mol. The molecule has 0 saturated carbocycles. The highest BCUT2D eigenvalue weighted by molar-refractivity contribution is 5.79. The largest absolute Gasteiger partial charge is 0.338 e. The van der Waals surface area contributed by atoms with Crippen LogP contribution in [0.2, 0.25) is 0 Å². The number of piperazine rings is 1. The van der Waals surface area contributed by atoms with Gasteiger partial charge in [0, 0.05) is 43.6 Å². The summed E-state index contributed by atoms with van der Waals surface area (Å²) in [7, 11) is 0. The van der Waals surface area contributed by atoms with Gasteiger partial charge >= 0.3 is 0 Å². The third-order valence-corrected chi connectivity index (χ3v) is 6.28. The van der Waals surface area contributed by atoms with E-state index in [9.17, 15) is 13.6 Å². The minimum Gasteiger partial charge on any atom is -0.338 e. The number of nitrogens with zero attached hydrogens (tertiary/aromatic N) is 5. The first kappa shape index (κ1) is 22.7. The van der Waals surface area contributed by atoms with Crippen molar-refractivity contribution in [1.29, 1.82) is 0 Å². The van der Waals surface area contributed by atoms with Crippen LogP contribution < -0.4 is 4.90 Å². The maximum Gasteiger partial charge on any atom is 0.242 e. The molecule has 0 aliphatic carbocycles. The van der Waals surface area contributed by atoms with Crippen molar-refractivity contribution in [3.05, 3.63) is 90.4 Å². The molecule has 2 aromatic carbocycles. The summed E-state index contributed by atoms with van der Waals surface area (Å²) < 4.78 is 28.9. The number of halogens is 2. The van der Waals surface area contributed by atoms with E-state index in [4.69, 9.17) is 0 Å². The average molecular weight is 474 g/mol. The van der Waals surface area contributed by atoms with Crippen LogP contribution in [0.15, 0.2) is 73.2 Å². The summed E-state index contributed by atoms with van der Waals surface area (Å²) in [5.41, 5.74) is 4.34. The van der Waals surface area contributed by atoms with Crippen LogP contribution in [0.1, 0.15) is 5.56 Å². The topological polar surface area (TPSA) is 54.3 Å². The monoisotopic (exact) mass is 473 g/mol. The van der Waals surface area contributed by atoms with Crippen LogP contribution in [0.25, 0.3) is 22.4 Å². The van der Waals surface area contributed by atoms with E-state index in [2.05, 4.69) is 9.97 Å². The van der Waals surface area contributed by atoms with Crippen molar-refractivity contribution >= 4 is 11.9 Å². The Kier molecular flexibility index (Phi) is 6.27. The number of anilines is 1. The summed E-state index contributed by atoms with van der Waals surface area (Å²) in [6.07, 6.45) is 4.25. The number of rotatable bonds is 5. The van der Waals surface area contributed by atoms with E-state index in [1.807, 2.05) is 63.0 Å². The van der Waals surface area contributed by atoms with E-state index in [1.165, 1.54) is 6.07 Å². The van der Waals surface area contributed by atoms with E-state index in [1.54, 1.807) is 13.0 Å². The quantitative estimate of drug-likeness (QED) is 0.427. The fraction of sp³-hybridized carbons (Fsp3) is 0.222. The Balaban J connectivity index is 1.35. The van der Waals surface area contributed by atoms with Gasteiger partial charge in [-0.2, -0.15) is 0 Å². The predicted molar refractivity (Wildman–Crippen MR) is 131 cm³/mol. The van der Waals surface area contributed by atoms with Crippen LogP contribution >= 0.6 is 0 Å². The van der Waals surface area contributed by atoms with Crippen LogP contribution in [0.3, 0.4) is 0 Å². The van der Waals surface area contributed by atoms with Crippen molar-refractivity contribution in [1.82, 2.24) is 19.4 Å². The number of amides is 1. The minimum atomic E-state index is -0.473. The molecular formula is C27H25F2N5O. The molecule has 1 aliphatic rings. The summed E-state index contributed by atoms with van der Waals surface area (Å²) in [5, 5.41) is 0. The zero-order valence-corrected chi connectivity index (χ0v) is 19.4. The lowest BCUT2D eigenvalue weighted by atomic mass is 10.0. The molecule has 3 heterocycles. The van der Waals surface area contributed by atoms with Crippen LogP contribution in [0.4, 0.5) is 14.7 Å². The Labute approximate surface area is 202 Å². The van der Waals surface area contributed by atoms with Gasteiger partial charge in [0.15, 0.2) is 5.82 Å². The second-order valence-electron chi connectivity index (χ2n) is 8.64. The number of hydrogen-bond donors (Lipinski definition) is 0. The Morgan fingerprint density at radius 1 is 0.886 bits per heavy atom. The Morgan fingerprint density at radius 2 is 1.60 bits per heavy atom. The predicted octanol–water partition coefficient (Wildman–Crippen LogP) is 4.55. The lowest BCUT2D eigenvalue weighted by molar-refractivity contribution is -0.132. The van der Waals surface area contributed by atoms with Gasteiger partial charge in [-0.05, 0) is 41.8 Å². The molecule has 6 nitrogen and oxygen atoms in total. The standard InChI is InChI=1S/C27H25F2N5O/c1-19-13-21(7-8-24(19)29)22-14-25(20-5-3-2-4-6-20)34(17-22)18-26(35)32-9-11-33(12-10-32)27-30-15-23(28)16-31-27/h2-8,13-17H,9-12,18H2,1H3. The van der Waals surface area contributed by atoms with Gasteiger partial charge in [0.1, 0.15) is 12.4 Å². The van der Waals surface area contributed by atoms with Gasteiger partial charge in [0.25, 0.3) is 0 Å². The lowest BCUT2D eigenvalue weighted by Gasteiger charge is -2.34. The van der Waals surface area contributed by atoms with Crippen molar-refractivity contribution in [3.63, 3.8) is 0 Å². The first-order chi connectivity index (χ1) is 17.0. The molecule has 1 amide bonds. The van der Waals surface area contributed by atoms with Gasteiger partial charge in [-0.25, -0.2) is 18.7 Å². The van der Waals surface area contributed by atoms with Gasteiger partial charge in [-0.1, -0.05) is 36.4 Å². The molecule has 5 rings (SSSR count). The molecule has 0 bridgehead atoms. The molecule has 35 heavy (non-hydrogen) atoms. The molecule has 1 fully saturated rings. The highest BCUT2D eigenvalue weighted by atomic mass is 19.1. The highest BCUT2D eigenvalue weighted by Gasteiger charge is 2.23. The van der Waals surface area contributed by atoms with Crippen LogP contribution in [-0.4, -0.2) is 51.5 Å². The van der Waals surface area contributed by atoms with Gasteiger partial charge < -0.3 is 14.4 Å². The molecule has 0 radical (unpaired) electrons. The van der Waals surface area contributed by atoms with Crippen LogP contribution in [0.5, 0.6) is 0 Å². The maximum atomic E-state index is 13.8. The first-order valence-electron chi connectivity index (χ1n) is 11.5. The van der Waals surface area contributed by atoms with E-state index < -0.39 is 5.82 Å². The SMILES string of the molecule is Cc1cc(-c2cc(-c3ccccc3)n(CC(=O)N3CCN(c4ncc(F)cn4)CC3)c2)ccc1F. The van der Waals surface area contributed by atoms with E-state index >= 15 is 0 Å². The number of carbonyl (C=O) groups is 1. The van der Waals surface area contributed by atoms with Crippen LogP contribution in [0, 0.1) is 18.6 Å². The zero-order chi connectivity index (χ0) is 24.4. The lowest BCUT2D eigenvalue weighted by Crippen LogP contribution is -2.50. The average Bonchev–Trinajstić information content (AvgIpc) is 3.30. The zero-order valence-electron chi connectivity index (χ0n) is 19.4. The minimum absolute atomic E-state index is 0.0132. The number of carbonyl (C=O) groups excluding carboxylic acids is 1. The van der Waals surface area contributed by atoms with Crippen LogP contribution in [-0.2, 0) is 11.3 Å². The van der Waals surface area contributed by atoms with Gasteiger partial charge in [-0.3, -0.25) is 4.79 Å². The van der Waals surface area contributed by atoms with Gasteiger partial charge in [0.2, 0.25) is 11.9 Å². The molecule has 0 N–H and O–H groups in total. The third-order valence-electron chi connectivity index (χ3n) is 6.28. The maximum absolute atomic E-state index is 13.8. The molecule has 8 heteroatoms. The second-order valence-corrected chi connectivity index (χ2v) is 8.64. The Bertz CT molecular complexity index is 1330.